The standard InChI is InChI=1S/C11H10BrN3OS/c1-16-6-8-9(12)11(17)15-10(14-8)7-2-4-13-5-3-7/h2-5H,6H2,1H3,(H,14,15,17). The van der Waals surface area contributed by atoms with E-state index >= 15 is 0 Å². The van der Waals surface area contributed by atoms with Crippen LogP contribution in [0.2, 0.25) is 0 Å². The topological polar surface area (TPSA) is 50.8 Å². The van der Waals surface area contributed by atoms with Gasteiger partial charge in [-0.2, -0.15) is 0 Å². The van der Waals surface area contributed by atoms with Crippen LogP contribution in [0.25, 0.3) is 11.4 Å². The van der Waals surface area contributed by atoms with Crippen LogP contribution in [0.4, 0.5) is 0 Å². The largest absolute Gasteiger partial charge is 0.378 e. The van der Waals surface area contributed by atoms with Crippen LogP contribution in [0, 0.1) is 4.64 Å². The van der Waals surface area contributed by atoms with E-state index in [4.69, 9.17) is 17.0 Å². The Morgan fingerprint density at radius 2 is 2.12 bits per heavy atom. The van der Waals surface area contributed by atoms with Gasteiger partial charge in [-0.05, 0) is 28.1 Å². The number of ether oxygens (including phenoxy) is 1. The van der Waals surface area contributed by atoms with Gasteiger partial charge in [0.1, 0.15) is 10.5 Å². The minimum atomic E-state index is 0.449. The van der Waals surface area contributed by atoms with E-state index < -0.39 is 0 Å². The molecule has 0 aromatic carbocycles. The van der Waals surface area contributed by atoms with Gasteiger partial charge in [0.2, 0.25) is 0 Å². The summed E-state index contributed by atoms with van der Waals surface area (Å²) in [6.45, 7) is 0.449. The fraction of sp³-hybridized carbons (Fsp3) is 0.182. The first kappa shape index (κ1) is 12.3. The van der Waals surface area contributed by atoms with Crippen molar-refractivity contribution in [3.8, 4) is 11.4 Å². The molecule has 0 saturated carbocycles. The number of nitrogens with one attached hydrogen (secondary N) is 1. The monoisotopic (exact) mass is 311 g/mol. The second-order valence-electron chi connectivity index (χ2n) is 3.35. The highest BCUT2D eigenvalue weighted by Gasteiger charge is 2.07. The second kappa shape index (κ2) is 5.48. The predicted octanol–water partition coefficient (Wildman–Crippen LogP) is 3.11. The molecule has 2 rings (SSSR count). The minimum absolute atomic E-state index is 0.449. The Kier molecular flexibility index (Phi) is 3.98. The van der Waals surface area contributed by atoms with Gasteiger partial charge in [-0.1, -0.05) is 12.2 Å². The zero-order chi connectivity index (χ0) is 12.3. The fourth-order valence-electron chi connectivity index (χ4n) is 1.40. The van der Waals surface area contributed by atoms with Crippen molar-refractivity contribution in [2.24, 2.45) is 0 Å². The number of hydrogen-bond acceptors (Lipinski definition) is 4. The molecule has 2 heterocycles. The highest BCUT2D eigenvalue weighted by Crippen LogP contribution is 2.21. The smallest absolute Gasteiger partial charge is 0.144 e. The van der Waals surface area contributed by atoms with Crippen LogP contribution in [-0.4, -0.2) is 22.1 Å². The molecule has 0 aliphatic heterocycles. The summed E-state index contributed by atoms with van der Waals surface area (Å²) in [5.41, 5.74) is 1.82. The lowest BCUT2D eigenvalue weighted by atomic mass is 10.2. The summed E-state index contributed by atoms with van der Waals surface area (Å²) < 4.78 is 6.39. The third-order valence-electron chi connectivity index (χ3n) is 2.18. The second-order valence-corrected chi connectivity index (χ2v) is 4.53. The Morgan fingerprint density at radius 3 is 2.76 bits per heavy atom. The minimum Gasteiger partial charge on any atom is -0.378 e. The number of halogens is 1. The molecule has 0 spiro atoms. The Bertz CT molecular complexity index is 571. The maximum atomic E-state index is 5.19. The lowest BCUT2D eigenvalue weighted by Crippen LogP contribution is -1.99. The van der Waals surface area contributed by atoms with E-state index in [9.17, 15) is 0 Å². The Morgan fingerprint density at radius 1 is 1.41 bits per heavy atom. The lowest BCUT2D eigenvalue weighted by molar-refractivity contribution is 0.181. The van der Waals surface area contributed by atoms with Crippen LogP contribution >= 0.6 is 28.1 Å². The van der Waals surface area contributed by atoms with Gasteiger partial charge in [-0.25, -0.2) is 4.98 Å². The first-order valence-corrected chi connectivity index (χ1v) is 6.10. The van der Waals surface area contributed by atoms with Crippen molar-refractivity contribution in [3.05, 3.63) is 39.3 Å². The number of H-pyrrole nitrogens is 1. The van der Waals surface area contributed by atoms with Crippen molar-refractivity contribution in [2.45, 2.75) is 6.61 Å². The highest BCUT2D eigenvalue weighted by molar-refractivity contribution is 9.10. The van der Waals surface area contributed by atoms with E-state index in [1.54, 1.807) is 19.5 Å². The number of nitrogens with zero attached hydrogens (tertiary/aromatic N) is 2. The molecule has 17 heavy (non-hydrogen) atoms. The van der Waals surface area contributed by atoms with E-state index in [2.05, 4.69) is 30.9 Å². The maximum absolute atomic E-state index is 5.19. The van der Waals surface area contributed by atoms with Crippen molar-refractivity contribution < 1.29 is 4.74 Å². The third-order valence-corrected chi connectivity index (χ3v) is 3.59. The summed E-state index contributed by atoms with van der Waals surface area (Å²) in [6.07, 6.45) is 3.43. The van der Waals surface area contributed by atoms with Crippen LogP contribution in [0.3, 0.4) is 0 Å². The molecule has 2 aromatic rings. The third kappa shape index (κ3) is 2.77. The molecule has 0 bridgehead atoms. The zero-order valence-electron chi connectivity index (χ0n) is 9.11. The average Bonchev–Trinajstić information content (AvgIpc) is 2.36. The van der Waals surface area contributed by atoms with Gasteiger partial charge in [0.25, 0.3) is 0 Å². The molecule has 4 nitrogen and oxygen atoms in total. The summed E-state index contributed by atoms with van der Waals surface area (Å²) in [7, 11) is 1.63. The highest BCUT2D eigenvalue weighted by atomic mass is 79.9. The van der Waals surface area contributed by atoms with Gasteiger partial charge in [-0.15, -0.1) is 0 Å². The Balaban J connectivity index is 2.53. The SMILES string of the molecule is COCc1[nH]c(-c2ccncc2)nc(=S)c1Br. The van der Waals surface area contributed by atoms with Crippen LogP contribution in [0.1, 0.15) is 5.69 Å². The molecule has 0 atom stereocenters. The summed E-state index contributed by atoms with van der Waals surface area (Å²) in [5.74, 6) is 0.715. The quantitative estimate of drug-likeness (QED) is 0.885. The molecule has 2 aromatic heterocycles. The van der Waals surface area contributed by atoms with E-state index in [1.807, 2.05) is 12.1 Å². The molecule has 0 aliphatic rings. The number of aromatic nitrogens is 3. The summed E-state index contributed by atoms with van der Waals surface area (Å²) >= 11 is 8.59. The molecule has 88 valence electrons. The lowest BCUT2D eigenvalue weighted by Gasteiger charge is -2.07. The van der Waals surface area contributed by atoms with Gasteiger partial charge in [0.15, 0.2) is 0 Å². The Labute approximate surface area is 112 Å². The number of aromatic amines is 1. The summed E-state index contributed by atoms with van der Waals surface area (Å²) in [5, 5.41) is 0. The van der Waals surface area contributed by atoms with Crippen molar-refractivity contribution in [2.75, 3.05) is 7.11 Å². The Hall–Kier alpha value is -1.11. The predicted molar refractivity (Wildman–Crippen MR) is 71.1 cm³/mol. The van der Waals surface area contributed by atoms with Crippen LogP contribution in [0.15, 0.2) is 29.0 Å². The average molecular weight is 312 g/mol. The molecular formula is C11H10BrN3OS. The van der Waals surface area contributed by atoms with Crippen molar-refractivity contribution in [1.82, 2.24) is 15.0 Å². The number of rotatable bonds is 3. The molecule has 1 N–H and O–H groups in total. The molecule has 0 radical (unpaired) electrons. The van der Waals surface area contributed by atoms with Crippen LogP contribution < -0.4 is 0 Å². The number of pyridine rings is 1. The molecule has 0 amide bonds. The van der Waals surface area contributed by atoms with Gasteiger partial charge in [-0.3, -0.25) is 4.98 Å². The molecule has 6 heteroatoms. The summed E-state index contributed by atoms with van der Waals surface area (Å²) in [6, 6.07) is 3.75. The molecular weight excluding hydrogens is 302 g/mol. The molecule has 0 fully saturated rings. The first-order chi connectivity index (χ1) is 8.22. The maximum Gasteiger partial charge on any atom is 0.144 e. The van der Waals surface area contributed by atoms with E-state index in [0.717, 1.165) is 15.7 Å². The van der Waals surface area contributed by atoms with E-state index in [0.29, 0.717) is 17.1 Å². The normalized spacial score (nSPS) is 10.5. The fourth-order valence-corrected chi connectivity index (χ4v) is 1.91. The van der Waals surface area contributed by atoms with Crippen molar-refractivity contribution in [3.63, 3.8) is 0 Å². The molecule has 0 unspecified atom stereocenters. The first-order valence-electron chi connectivity index (χ1n) is 4.90. The van der Waals surface area contributed by atoms with Gasteiger partial charge < -0.3 is 9.72 Å². The van der Waals surface area contributed by atoms with Crippen molar-refractivity contribution >= 4 is 28.1 Å². The number of hydrogen-bond donors (Lipinski definition) is 1. The molecule has 0 aliphatic carbocycles. The van der Waals surface area contributed by atoms with Gasteiger partial charge >= 0.3 is 0 Å². The van der Waals surface area contributed by atoms with E-state index in [-0.39, 0.29) is 0 Å². The number of methoxy groups -OCH3 is 1. The molecule has 0 saturated heterocycles. The van der Waals surface area contributed by atoms with Crippen LogP contribution in [0.5, 0.6) is 0 Å². The van der Waals surface area contributed by atoms with Gasteiger partial charge in [0, 0.05) is 25.1 Å². The zero-order valence-corrected chi connectivity index (χ0v) is 11.5. The summed E-state index contributed by atoms with van der Waals surface area (Å²) in [4.78, 5) is 11.5. The van der Waals surface area contributed by atoms with Gasteiger partial charge in [0.05, 0.1) is 16.8 Å². The van der Waals surface area contributed by atoms with E-state index in [1.165, 1.54) is 0 Å². The van der Waals surface area contributed by atoms with Crippen molar-refractivity contribution in [1.29, 1.82) is 0 Å². The van der Waals surface area contributed by atoms with Crippen LogP contribution in [-0.2, 0) is 11.3 Å².